The Morgan fingerprint density at radius 2 is 2.16 bits per heavy atom. The van der Waals surface area contributed by atoms with Crippen LogP contribution in [-0.2, 0) is 16.6 Å². The molecule has 0 aliphatic carbocycles. The summed E-state index contributed by atoms with van der Waals surface area (Å²) in [5.74, 6) is 0. The lowest BCUT2D eigenvalue weighted by Gasteiger charge is -2.24. The minimum atomic E-state index is -3.33. The lowest BCUT2D eigenvalue weighted by Crippen LogP contribution is -2.34. The summed E-state index contributed by atoms with van der Waals surface area (Å²) < 4.78 is 27.2. The second-order valence-electron chi connectivity index (χ2n) is 4.88. The van der Waals surface area contributed by atoms with Crippen LogP contribution in [0.3, 0.4) is 0 Å². The Balaban J connectivity index is 2.29. The molecule has 0 saturated carbocycles. The first kappa shape index (κ1) is 14.7. The standard InChI is InChI=1S/C13H20N2O2S2/c1-10-5-4-6-15(9-10)19(16,17)13-7-11(2)12(18-13)8-14-3/h5,7,14H,4,6,8-9H2,1-3H3. The van der Waals surface area contributed by atoms with Crippen molar-refractivity contribution in [3.8, 4) is 0 Å². The smallest absolute Gasteiger partial charge is 0.252 e. The largest absolute Gasteiger partial charge is 0.315 e. The van der Waals surface area contributed by atoms with Gasteiger partial charge in [-0.25, -0.2) is 8.42 Å². The van der Waals surface area contributed by atoms with Gasteiger partial charge in [0, 0.05) is 24.5 Å². The van der Waals surface area contributed by atoms with E-state index in [0.29, 0.717) is 23.8 Å². The first-order valence-corrected chi connectivity index (χ1v) is 8.60. The van der Waals surface area contributed by atoms with Crippen molar-refractivity contribution in [1.82, 2.24) is 9.62 Å². The number of nitrogens with zero attached hydrogens (tertiary/aromatic N) is 1. The molecule has 0 radical (unpaired) electrons. The van der Waals surface area contributed by atoms with Crippen molar-refractivity contribution in [2.24, 2.45) is 0 Å². The number of rotatable bonds is 4. The molecule has 0 atom stereocenters. The minimum absolute atomic E-state index is 0.463. The molecule has 0 unspecified atom stereocenters. The van der Waals surface area contributed by atoms with Crippen LogP contribution in [0.5, 0.6) is 0 Å². The van der Waals surface area contributed by atoms with Crippen molar-refractivity contribution in [1.29, 1.82) is 0 Å². The molecule has 0 aromatic carbocycles. The Kier molecular flexibility index (Phi) is 4.45. The van der Waals surface area contributed by atoms with Crippen molar-refractivity contribution in [3.05, 3.63) is 28.2 Å². The predicted octanol–water partition coefficient (Wildman–Crippen LogP) is 2.12. The fraction of sp³-hybridized carbons (Fsp3) is 0.538. The summed E-state index contributed by atoms with van der Waals surface area (Å²) >= 11 is 1.37. The molecule has 1 aromatic rings. The molecule has 1 aliphatic heterocycles. The summed E-state index contributed by atoms with van der Waals surface area (Å²) in [6.45, 7) is 5.75. The molecule has 0 fully saturated rings. The van der Waals surface area contributed by atoms with Crippen LogP contribution in [-0.4, -0.2) is 32.9 Å². The Morgan fingerprint density at radius 3 is 2.79 bits per heavy atom. The lowest BCUT2D eigenvalue weighted by atomic mass is 10.2. The van der Waals surface area contributed by atoms with E-state index in [1.807, 2.05) is 20.9 Å². The van der Waals surface area contributed by atoms with E-state index in [-0.39, 0.29) is 0 Å². The Hall–Kier alpha value is -0.690. The quantitative estimate of drug-likeness (QED) is 0.867. The van der Waals surface area contributed by atoms with Crippen LogP contribution >= 0.6 is 11.3 Å². The van der Waals surface area contributed by atoms with E-state index in [9.17, 15) is 8.42 Å². The average Bonchev–Trinajstić information content (AvgIpc) is 2.72. The summed E-state index contributed by atoms with van der Waals surface area (Å²) in [4.78, 5) is 1.09. The summed E-state index contributed by atoms with van der Waals surface area (Å²) in [7, 11) is -1.46. The molecule has 0 spiro atoms. The molecule has 1 N–H and O–H groups in total. The Labute approximate surface area is 119 Å². The second-order valence-corrected chi connectivity index (χ2v) is 8.18. The van der Waals surface area contributed by atoms with Gasteiger partial charge in [0.2, 0.25) is 0 Å². The monoisotopic (exact) mass is 300 g/mol. The SMILES string of the molecule is CNCc1sc(S(=O)(=O)N2CCC=C(C)C2)cc1C. The van der Waals surface area contributed by atoms with Gasteiger partial charge in [-0.2, -0.15) is 4.31 Å². The zero-order chi connectivity index (χ0) is 14.0. The number of nitrogens with one attached hydrogen (secondary N) is 1. The van der Waals surface area contributed by atoms with Crippen molar-refractivity contribution in [2.75, 3.05) is 20.1 Å². The third-order valence-electron chi connectivity index (χ3n) is 3.23. The van der Waals surface area contributed by atoms with Gasteiger partial charge in [0.1, 0.15) is 4.21 Å². The third-order valence-corrected chi connectivity index (χ3v) is 6.76. The van der Waals surface area contributed by atoms with E-state index in [4.69, 9.17) is 0 Å². The van der Waals surface area contributed by atoms with Crippen molar-refractivity contribution >= 4 is 21.4 Å². The molecule has 1 aromatic heterocycles. The summed E-state index contributed by atoms with van der Waals surface area (Å²) in [5, 5.41) is 3.07. The minimum Gasteiger partial charge on any atom is -0.315 e. The second kappa shape index (κ2) is 5.75. The fourth-order valence-electron chi connectivity index (χ4n) is 2.16. The van der Waals surface area contributed by atoms with Gasteiger partial charge in [-0.15, -0.1) is 11.3 Å². The van der Waals surface area contributed by atoms with Crippen LogP contribution in [0.4, 0.5) is 0 Å². The van der Waals surface area contributed by atoms with Gasteiger partial charge in [-0.3, -0.25) is 0 Å². The van der Waals surface area contributed by atoms with Crippen molar-refractivity contribution in [2.45, 2.75) is 31.0 Å². The van der Waals surface area contributed by atoms with E-state index >= 15 is 0 Å². The van der Waals surface area contributed by atoms with E-state index in [1.165, 1.54) is 11.3 Å². The van der Waals surface area contributed by atoms with E-state index < -0.39 is 10.0 Å². The molecule has 4 nitrogen and oxygen atoms in total. The first-order valence-electron chi connectivity index (χ1n) is 6.35. The zero-order valence-corrected chi connectivity index (χ0v) is 13.2. The van der Waals surface area contributed by atoms with Crippen molar-refractivity contribution < 1.29 is 8.42 Å². The van der Waals surface area contributed by atoms with E-state index in [2.05, 4.69) is 11.4 Å². The molecule has 0 amide bonds. The Morgan fingerprint density at radius 1 is 1.42 bits per heavy atom. The van der Waals surface area contributed by atoms with Gasteiger partial charge < -0.3 is 5.32 Å². The lowest BCUT2D eigenvalue weighted by molar-refractivity contribution is 0.429. The maximum absolute atomic E-state index is 12.6. The summed E-state index contributed by atoms with van der Waals surface area (Å²) in [5.41, 5.74) is 2.17. The highest BCUT2D eigenvalue weighted by Gasteiger charge is 2.28. The fourth-order valence-corrected chi connectivity index (χ4v) is 5.41. The number of hydrogen-bond donors (Lipinski definition) is 1. The maximum Gasteiger partial charge on any atom is 0.252 e. The predicted molar refractivity (Wildman–Crippen MR) is 79.0 cm³/mol. The van der Waals surface area contributed by atoms with Gasteiger partial charge in [0.25, 0.3) is 10.0 Å². The molecular formula is C13H20N2O2S2. The van der Waals surface area contributed by atoms with Gasteiger partial charge >= 0.3 is 0 Å². The summed E-state index contributed by atoms with van der Waals surface area (Å²) in [6, 6.07) is 1.79. The van der Waals surface area contributed by atoms with Crippen LogP contribution in [0.25, 0.3) is 0 Å². The highest BCUT2D eigenvalue weighted by molar-refractivity contribution is 7.91. The highest BCUT2D eigenvalue weighted by Crippen LogP contribution is 2.29. The van der Waals surface area contributed by atoms with Crippen LogP contribution in [0.1, 0.15) is 23.8 Å². The number of hydrogen-bond acceptors (Lipinski definition) is 4. The van der Waals surface area contributed by atoms with E-state index in [0.717, 1.165) is 22.4 Å². The number of thiophene rings is 1. The Bertz CT molecular complexity index is 588. The van der Waals surface area contributed by atoms with E-state index in [1.54, 1.807) is 10.4 Å². The number of aryl methyl sites for hydroxylation is 1. The van der Waals surface area contributed by atoms with Gasteiger partial charge in [0.15, 0.2) is 0 Å². The molecule has 19 heavy (non-hydrogen) atoms. The summed E-state index contributed by atoms with van der Waals surface area (Å²) in [6.07, 6.45) is 2.91. The zero-order valence-electron chi connectivity index (χ0n) is 11.6. The molecule has 2 rings (SSSR count). The maximum atomic E-state index is 12.6. The first-order chi connectivity index (χ1) is 8.95. The molecule has 0 bridgehead atoms. The molecule has 1 aliphatic rings. The number of sulfonamides is 1. The molecule has 106 valence electrons. The average molecular weight is 300 g/mol. The van der Waals surface area contributed by atoms with Crippen LogP contribution in [0.2, 0.25) is 0 Å². The molecule has 6 heteroatoms. The molecular weight excluding hydrogens is 280 g/mol. The van der Waals surface area contributed by atoms with Gasteiger partial charge in [0.05, 0.1) is 0 Å². The highest BCUT2D eigenvalue weighted by atomic mass is 32.2. The van der Waals surface area contributed by atoms with Crippen LogP contribution < -0.4 is 5.32 Å². The van der Waals surface area contributed by atoms with Crippen molar-refractivity contribution in [3.63, 3.8) is 0 Å². The molecule has 2 heterocycles. The molecule has 0 saturated heterocycles. The topological polar surface area (TPSA) is 49.4 Å². The normalized spacial score (nSPS) is 17.5. The van der Waals surface area contributed by atoms with Crippen LogP contribution in [0.15, 0.2) is 21.9 Å². The van der Waals surface area contributed by atoms with Crippen LogP contribution in [0, 0.1) is 6.92 Å². The van der Waals surface area contributed by atoms with Gasteiger partial charge in [-0.05, 0) is 38.9 Å². The van der Waals surface area contributed by atoms with Gasteiger partial charge in [-0.1, -0.05) is 11.6 Å². The third kappa shape index (κ3) is 3.08.